The first kappa shape index (κ1) is 11.9. The van der Waals surface area contributed by atoms with Crippen molar-refractivity contribution in [2.75, 3.05) is 39.4 Å². The number of rotatable bonds is 5. The maximum atomic E-state index is 11.8. The van der Waals surface area contributed by atoms with Gasteiger partial charge >= 0.3 is 0 Å². The van der Waals surface area contributed by atoms with Crippen molar-refractivity contribution < 1.29 is 9.53 Å². The molecule has 0 unspecified atom stereocenters. The van der Waals surface area contributed by atoms with Crippen LogP contribution in [0.4, 0.5) is 0 Å². The highest BCUT2D eigenvalue weighted by molar-refractivity contribution is 5.77. The normalized spacial score (nSPS) is 21.9. The molecule has 2 rings (SSSR count). The van der Waals surface area contributed by atoms with E-state index in [2.05, 4.69) is 5.32 Å². The summed E-state index contributed by atoms with van der Waals surface area (Å²) >= 11 is 0. The molecule has 16 heavy (non-hydrogen) atoms. The molecule has 4 nitrogen and oxygen atoms in total. The van der Waals surface area contributed by atoms with Gasteiger partial charge in [0, 0.05) is 26.2 Å². The number of nitrogens with zero attached hydrogens (tertiary/aromatic N) is 1. The third kappa shape index (κ3) is 4.10. The van der Waals surface area contributed by atoms with Crippen molar-refractivity contribution in [2.45, 2.75) is 25.7 Å². The van der Waals surface area contributed by atoms with Crippen LogP contribution in [0.3, 0.4) is 0 Å². The van der Waals surface area contributed by atoms with E-state index < -0.39 is 0 Å². The Balaban J connectivity index is 1.57. The third-order valence-electron chi connectivity index (χ3n) is 3.29. The van der Waals surface area contributed by atoms with Gasteiger partial charge in [-0.05, 0) is 25.3 Å². The summed E-state index contributed by atoms with van der Waals surface area (Å²) in [6, 6.07) is 0. The Hall–Kier alpha value is -0.610. The molecule has 2 aliphatic rings. The molecule has 4 heteroatoms. The summed E-state index contributed by atoms with van der Waals surface area (Å²) in [7, 11) is 0. The molecule has 0 spiro atoms. The lowest BCUT2D eigenvalue weighted by atomic mass is 10.3. The number of amides is 1. The zero-order chi connectivity index (χ0) is 11.2. The first-order chi connectivity index (χ1) is 7.86. The largest absolute Gasteiger partial charge is 0.372 e. The molecule has 0 radical (unpaired) electrons. The number of carbonyl (C=O) groups excluding carboxylic acids is 1. The van der Waals surface area contributed by atoms with Gasteiger partial charge in [0.25, 0.3) is 0 Å². The number of hydrogen-bond acceptors (Lipinski definition) is 3. The summed E-state index contributed by atoms with van der Waals surface area (Å²) in [5, 5.41) is 3.29. The average molecular weight is 226 g/mol. The minimum Gasteiger partial charge on any atom is -0.372 e. The Kier molecular flexibility index (Phi) is 4.60. The van der Waals surface area contributed by atoms with Crippen molar-refractivity contribution in [2.24, 2.45) is 5.92 Å². The lowest BCUT2D eigenvalue weighted by molar-refractivity contribution is -0.136. The highest BCUT2D eigenvalue weighted by atomic mass is 16.5. The topological polar surface area (TPSA) is 41.6 Å². The Bertz CT molecular complexity index is 221. The Morgan fingerprint density at radius 2 is 2.19 bits per heavy atom. The van der Waals surface area contributed by atoms with E-state index in [1.165, 1.54) is 12.8 Å². The van der Waals surface area contributed by atoms with Crippen molar-refractivity contribution in [1.29, 1.82) is 0 Å². The summed E-state index contributed by atoms with van der Waals surface area (Å²) in [4.78, 5) is 13.7. The van der Waals surface area contributed by atoms with Crippen LogP contribution in [0.5, 0.6) is 0 Å². The summed E-state index contributed by atoms with van der Waals surface area (Å²) < 4.78 is 5.43. The molecule has 0 aromatic rings. The fourth-order valence-corrected chi connectivity index (χ4v) is 2.00. The summed E-state index contributed by atoms with van der Waals surface area (Å²) in [5.74, 6) is 1.04. The first-order valence-corrected chi connectivity index (χ1v) is 6.42. The van der Waals surface area contributed by atoms with E-state index >= 15 is 0 Å². The van der Waals surface area contributed by atoms with Gasteiger partial charge in [0.2, 0.25) is 5.91 Å². The van der Waals surface area contributed by atoms with Gasteiger partial charge in [-0.3, -0.25) is 4.79 Å². The molecule has 2 fully saturated rings. The van der Waals surface area contributed by atoms with Gasteiger partial charge in [-0.25, -0.2) is 0 Å². The molecule has 1 amide bonds. The zero-order valence-corrected chi connectivity index (χ0v) is 9.91. The summed E-state index contributed by atoms with van der Waals surface area (Å²) in [6.07, 6.45) is 4.90. The second-order valence-corrected chi connectivity index (χ2v) is 4.77. The summed E-state index contributed by atoms with van der Waals surface area (Å²) in [6.45, 7) is 4.65. The predicted molar refractivity (Wildman–Crippen MR) is 62.2 cm³/mol. The van der Waals surface area contributed by atoms with Crippen LogP contribution in [0, 0.1) is 5.92 Å². The molecule has 1 saturated carbocycles. The standard InChI is InChI=1S/C12H22N2O2/c15-12(10-16-9-4-11-2-3-11)14-7-1-5-13-6-8-14/h11,13H,1-10H2. The number of carbonyl (C=O) groups is 1. The molecular formula is C12H22N2O2. The lowest BCUT2D eigenvalue weighted by Gasteiger charge is -2.19. The molecular weight excluding hydrogens is 204 g/mol. The maximum Gasteiger partial charge on any atom is 0.248 e. The molecule has 1 heterocycles. The van der Waals surface area contributed by atoms with E-state index in [0.29, 0.717) is 0 Å². The number of hydrogen-bond donors (Lipinski definition) is 1. The van der Waals surface area contributed by atoms with Crippen molar-refractivity contribution >= 4 is 5.91 Å². The monoisotopic (exact) mass is 226 g/mol. The minimum absolute atomic E-state index is 0.152. The summed E-state index contributed by atoms with van der Waals surface area (Å²) in [5.41, 5.74) is 0. The van der Waals surface area contributed by atoms with Gasteiger partial charge in [0.1, 0.15) is 6.61 Å². The van der Waals surface area contributed by atoms with Gasteiger partial charge < -0.3 is 15.0 Å². The first-order valence-electron chi connectivity index (χ1n) is 6.42. The Labute approximate surface area is 97.3 Å². The second kappa shape index (κ2) is 6.21. The maximum absolute atomic E-state index is 11.8. The van der Waals surface area contributed by atoms with Crippen molar-refractivity contribution in [3.05, 3.63) is 0 Å². The van der Waals surface area contributed by atoms with Crippen molar-refractivity contribution in [3.8, 4) is 0 Å². The van der Waals surface area contributed by atoms with E-state index in [4.69, 9.17) is 4.74 Å². The van der Waals surface area contributed by atoms with Crippen LogP contribution in [-0.2, 0) is 9.53 Å². The fourth-order valence-electron chi connectivity index (χ4n) is 2.00. The van der Waals surface area contributed by atoms with E-state index in [1.807, 2.05) is 4.90 Å². The Morgan fingerprint density at radius 3 is 3.00 bits per heavy atom. The lowest BCUT2D eigenvalue weighted by Crippen LogP contribution is -2.36. The van der Waals surface area contributed by atoms with Gasteiger partial charge in [-0.2, -0.15) is 0 Å². The third-order valence-corrected chi connectivity index (χ3v) is 3.29. The number of ether oxygens (including phenoxy) is 1. The number of nitrogens with one attached hydrogen (secondary N) is 1. The molecule has 0 aromatic carbocycles. The Morgan fingerprint density at radius 1 is 1.31 bits per heavy atom. The van der Waals surface area contributed by atoms with Crippen LogP contribution in [-0.4, -0.2) is 50.2 Å². The predicted octanol–water partition coefficient (Wildman–Crippen LogP) is 0.625. The molecule has 0 aromatic heterocycles. The fraction of sp³-hybridized carbons (Fsp3) is 0.917. The van der Waals surface area contributed by atoms with Crippen molar-refractivity contribution in [3.63, 3.8) is 0 Å². The molecule has 1 saturated heterocycles. The molecule has 1 aliphatic heterocycles. The van der Waals surface area contributed by atoms with Crippen LogP contribution < -0.4 is 5.32 Å². The molecule has 92 valence electrons. The smallest absolute Gasteiger partial charge is 0.248 e. The molecule has 0 atom stereocenters. The molecule has 0 bridgehead atoms. The van der Waals surface area contributed by atoms with Gasteiger partial charge in [0.15, 0.2) is 0 Å². The van der Waals surface area contributed by atoms with Crippen LogP contribution >= 0.6 is 0 Å². The van der Waals surface area contributed by atoms with E-state index in [9.17, 15) is 4.79 Å². The SMILES string of the molecule is O=C(COCCC1CC1)N1CCCNCC1. The highest BCUT2D eigenvalue weighted by Gasteiger charge is 2.21. The van der Waals surface area contributed by atoms with Crippen molar-refractivity contribution in [1.82, 2.24) is 10.2 Å². The second-order valence-electron chi connectivity index (χ2n) is 4.77. The molecule has 1 aliphatic carbocycles. The van der Waals surface area contributed by atoms with Crippen LogP contribution in [0.15, 0.2) is 0 Å². The van der Waals surface area contributed by atoms with E-state index in [-0.39, 0.29) is 12.5 Å². The van der Waals surface area contributed by atoms with Gasteiger partial charge in [-0.15, -0.1) is 0 Å². The highest BCUT2D eigenvalue weighted by Crippen LogP contribution is 2.31. The minimum atomic E-state index is 0.152. The van der Waals surface area contributed by atoms with Crippen LogP contribution in [0.2, 0.25) is 0 Å². The molecule has 1 N–H and O–H groups in total. The van der Waals surface area contributed by atoms with Gasteiger partial charge in [-0.1, -0.05) is 12.8 Å². The van der Waals surface area contributed by atoms with Gasteiger partial charge in [0.05, 0.1) is 0 Å². The quantitative estimate of drug-likeness (QED) is 0.699. The van der Waals surface area contributed by atoms with Crippen LogP contribution in [0.25, 0.3) is 0 Å². The van der Waals surface area contributed by atoms with E-state index in [1.54, 1.807) is 0 Å². The van der Waals surface area contributed by atoms with E-state index in [0.717, 1.165) is 51.5 Å². The zero-order valence-electron chi connectivity index (χ0n) is 9.91. The van der Waals surface area contributed by atoms with Crippen LogP contribution in [0.1, 0.15) is 25.7 Å². The average Bonchev–Trinajstić information content (AvgIpc) is 3.10.